The van der Waals surface area contributed by atoms with E-state index in [0.717, 1.165) is 57.7 Å². The van der Waals surface area contributed by atoms with Crippen molar-refractivity contribution in [1.29, 1.82) is 0 Å². The van der Waals surface area contributed by atoms with Gasteiger partial charge in [-0.1, -0.05) is 50.8 Å². The van der Waals surface area contributed by atoms with Crippen LogP contribution in [0, 0.1) is 11.8 Å². The van der Waals surface area contributed by atoms with Gasteiger partial charge < -0.3 is 30.1 Å². The Balaban J connectivity index is 0.000000487. The summed E-state index contributed by atoms with van der Waals surface area (Å²) < 4.78 is 5.91. The molecule has 1 aliphatic carbocycles. The largest absolute Gasteiger partial charge is 0.478 e. The number of fused-ring (bicyclic) bond motifs is 1. The monoisotopic (exact) mass is 728 g/mol. The molecule has 1 aromatic rings. The number of allylic oxidation sites excluding steroid dienone is 2. The van der Waals surface area contributed by atoms with Crippen LogP contribution in [0.3, 0.4) is 0 Å². The number of amides is 2. The van der Waals surface area contributed by atoms with Crippen LogP contribution in [-0.4, -0.2) is 122 Å². The van der Waals surface area contributed by atoms with E-state index >= 15 is 0 Å². The maximum atomic E-state index is 13.0. The molecule has 3 heterocycles. The molecule has 0 saturated carbocycles. The summed E-state index contributed by atoms with van der Waals surface area (Å²) in [6, 6.07) is 5.92. The average molecular weight is 729 g/mol. The Morgan fingerprint density at radius 1 is 0.769 bits per heavy atom. The molecule has 2 fully saturated rings. The van der Waals surface area contributed by atoms with Crippen molar-refractivity contribution in [3.05, 3.63) is 60.9 Å². The minimum Gasteiger partial charge on any atom is -0.478 e. The molecule has 52 heavy (non-hydrogen) atoms. The predicted molar refractivity (Wildman–Crippen MR) is 187 cm³/mol. The summed E-state index contributed by atoms with van der Waals surface area (Å²) in [6.07, 6.45) is 14.4. The van der Waals surface area contributed by atoms with Gasteiger partial charge in [-0.2, -0.15) is 0 Å². The normalized spacial score (nSPS) is 18.9. The van der Waals surface area contributed by atoms with E-state index < -0.39 is 30.0 Å². The molecular formula is C36H48N4O12. The van der Waals surface area contributed by atoms with Gasteiger partial charge in [0.25, 0.3) is 0 Å². The smallest absolute Gasteiger partial charge is 0.328 e. The molecule has 0 spiro atoms. The van der Waals surface area contributed by atoms with Gasteiger partial charge in [-0.05, 0) is 31.4 Å². The topological polar surface area (TPSA) is 232 Å². The number of carboxylic acid groups (broad SMARTS) is 4. The van der Waals surface area contributed by atoms with E-state index in [-0.39, 0.29) is 36.2 Å². The second kappa shape index (κ2) is 23.2. The van der Waals surface area contributed by atoms with Crippen molar-refractivity contribution in [2.75, 3.05) is 44.2 Å². The van der Waals surface area contributed by atoms with Crippen LogP contribution >= 0.6 is 0 Å². The highest BCUT2D eigenvalue weighted by molar-refractivity contribution is 6.05. The van der Waals surface area contributed by atoms with Gasteiger partial charge in [0, 0.05) is 69.6 Å². The zero-order chi connectivity index (χ0) is 38.5. The van der Waals surface area contributed by atoms with Gasteiger partial charge in [0.15, 0.2) is 0 Å². The first kappa shape index (κ1) is 42.8. The van der Waals surface area contributed by atoms with Gasteiger partial charge in [-0.25, -0.2) is 24.2 Å². The highest BCUT2D eigenvalue weighted by Gasteiger charge is 2.48. The van der Waals surface area contributed by atoms with Crippen molar-refractivity contribution in [3.63, 3.8) is 0 Å². The van der Waals surface area contributed by atoms with Crippen molar-refractivity contribution in [2.24, 2.45) is 11.8 Å². The van der Waals surface area contributed by atoms with Crippen molar-refractivity contribution in [3.8, 4) is 0 Å². The Labute approximate surface area is 302 Å². The SMILES string of the molecule is CCCCCCCC(=O)OC(CN1CCN(c2ccccn2)CC1)CN1C(=O)[C@H]2CC=CC[C@H]2C1=O.O=C(O)/C=C\C(=O)O.O=C(O)/C=C\C(=O)O. The number of ether oxygens (including phenoxy) is 1. The number of piperazine rings is 1. The van der Waals surface area contributed by atoms with E-state index in [1.165, 1.54) is 11.3 Å². The molecule has 0 aromatic carbocycles. The molecule has 4 N–H and O–H groups in total. The third-order valence-corrected chi connectivity index (χ3v) is 8.31. The van der Waals surface area contributed by atoms with Crippen LogP contribution in [0.25, 0.3) is 0 Å². The lowest BCUT2D eigenvalue weighted by Crippen LogP contribution is -2.51. The lowest BCUT2D eigenvalue weighted by molar-refractivity contribution is -0.155. The molecule has 1 aromatic heterocycles. The van der Waals surface area contributed by atoms with E-state index in [1.54, 1.807) is 6.20 Å². The van der Waals surface area contributed by atoms with Crippen LogP contribution in [0.15, 0.2) is 60.9 Å². The number of hydrogen-bond donors (Lipinski definition) is 4. The van der Waals surface area contributed by atoms with Gasteiger partial charge in [0.1, 0.15) is 11.9 Å². The Kier molecular flexibility index (Phi) is 19.1. The number of anilines is 1. The van der Waals surface area contributed by atoms with Crippen molar-refractivity contribution in [2.45, 2.75) is 64.4 Å². The predicted octanol–water partition coefficient (Wildman–Crippen LogP) is 2.85. The number of carbonyl (C=O) groups is 7. The van der Waals surface area contributed by atoms with Crippen molar-refractivity contribution in [1.82, 2.24) is 14.8 Å². The number of esters is 1. The molecule has 2 amide bonds. The zero-order valence-electron chi connectivity index (χ0n) is 29.2. The van der Waals surface area contributed by atoms with Crippen LogP contribution in [0.1, 0.15) is 58.3 Å². The number of nitrogens with zero attached hydrogens (tertiary/aromatic N) is 4. The molecule has 4 rings (SSSR count). The number of carboxylic acids is 4. The Bertz CT molecular complexity index is 1360. The second-order valence-corrected chi connectivity index (χ2v) is 12.2. The zero-order valence-corrected chi connectivity index (χ0v) is 29.2. The molecule has 16 heteroatoms. The maximum Gasteiger partial charge on any atom is 0.328 e. The molecular weight excluding hydrogens is 680 g/mol. The van der Waals surface area contributed by atoms with Gasteiger partial charge in [0.05, 0.1) is 18.4 Å². The number of unbranched alkanes of at least 4 members (excludes halogenated alkanes) is 4. The highest BCUT2D eigenvalue weighted by atomic mass is 16.5. The van der Waals surface area contributed by atoms with Gasteiger partial charge in [-0.15, -0.1) is 0 Å². The third-order valence-electron chi connectivity index (χ3n) is 8.31. The van der Waals surface area contributed by atoms with Crippen molar-refractivity contribution >= 4 is 47.5 Å². The third kappa shape index (κ3) is 16.1. The summed E-state index contributed by atoms with van der Waals surface area (Å²) in [5.74, 6) is -5.06. The summed E-state index contributed by atoms with van der Waals surface area (Å²) in [4.78, 5) is 87.3. The lowest BCUT2D eigenvalue weighted by atomic mass is 9.85. The molecule has 16 nitrogen and oxygen atoms in total. The van der Waals surface area contributed by atoms with E-state index in [9.17, 15) is 33.6 Å². The summed E-state index contributed by atoms with van der Waals surface area (Å²) in [6.45, 7) is 6.09. The second-order valence-electron chi connectivity index (χ2n) is 12.2. The quantitative estimate of drug-likeness (QED) is 0.0630. The number of likely N-dealkylation sites (tertiary alicyclic amines) is 1. The molecule has 2 aliphatic heterocycles. The number of imide groups is 1. The van der Waals surface area contributed by atoms with Gasteiger partial charge in [0.2, 0.25) is 11.8 Å². The highest BCUT2D eigenvalue weighted by Crippen LogP contribution is 2.35. The van der Waals surface area contributed by atoms with Crippen LogP contribution in [0.4, 0.5) is 5.82 Å². The Hall–Kier alpha value is -5.38. The first-order chi connectivity index (χ1) is 24.8. The molecule has 284 valence electrons. The molecule has 1 unspecified atom stereocenters. The van der Waals surface area contributed by atoms with E-state index in [2.05, 4.69) is 21.7 Å². The fourth-order valence-electron chi connectivity index (χ4n) is 5.78. The van der Waals surface area contributed by atoms with Crippen LogP contribution in [0.2, 0.25) is 0 Å². The molecule has 0 radical (unpaired) electrons. The van der Waals surface area contributed by atoms with Crippen LogP contribution < -0.4 is 4.90 Å². The molecule has 2 saturated heterocycles. The molecule has 3 aliphatic rings. The summed E-state index contributed by atoms with van der Waals surface area (Å²) in [5, 5.41) is 31.2. The minimum absolute atomic E-state index is 0.116. The van der Waals surface area contributed by atoms with E-state index in [1.807, 2.05) is 30.4 Å². The summed E-state index contributed by atoms with van der Waals surface area (Å²) in [5.41, 5.74) is 0. The fraction of sp³-hybridized carbons (Fsp3) is 0.500. The first-order valence-electron chi connectivity index (χ1n) is 17.2. The van der Waals surface area contributed by atoms with Gasteiger partial charge >= 0.3 is 29.8 Å². The number of hydrogen-bond acceptors (Lipinski definition) is 11. The fourth-order valence-corrected chi connectivity index (χ4v) is 5.78. The number of rotatable bonds is 16. The van der Waals surface area contributed by atoms with E-state index in [0.29, 0.717) is 50.1 Å². The van der Waals surface area contributed by atoms with Crippen LogP contribution in [0.5, 0.6) is 0 Å². The Morgan fingerprint density at radius 2 is 1.29 bits per heavy atom. The molecule has 3 atom stereocenters. The minimum atomic E-state index is -1.26. The number of aromatic nitrogens is 1. The average Bonchev–Trinajstić information content (AvgIpc) is 3.35. The summed E-state index contributed by atoms with van der Waals surface area (Å²) in [7, 11) is 0. The van der Waals surface area contributed by atoms with Gasteiger partial charge in [-0.3, -0.25) is 24.2 Å². The number of aliphatic carboxylic acids is 4. The first-order valence-corrected chi connectivity index (χ1v) is 17.2. The standard InChI is InChI=1S/C28H40N4O4.2C4H4O4/c1-2-3-4-5-6-14-26(33)36-22(21-32-27(34)23-11-7-8-12-24(23)28(32)35)20-30-16-18-31(19-17-30)25-13-9-10-15-29-25;2*5-3(6)1-2-4(7)8/h7-10,13,15,22-24H,2-6,11-12,14,16-21H2,1H3;2*1-2H,(H,5,6)(H,7,8)/b;2*2-1-/t22?,23-,24+;;. The lowest BCUT2D eigenvalue weighted by Gasteiger charge is -2.37. The number of pyridine rings is 1. The Morgan fingerprint density at radius 3 is 1.75 bits per heavy atom. The maximum absolute atomic E-state index is 13.0. The van der Waals surface area contributed by atoms with E-state index in [4.69, 9.17) is 25.2 Å². The number of carbonyl (C=O) groups excluding carboxylic acids is 3. The van der Waals surface area contributed by atoms with Crippen molar-refractivity contribution < 1.29 is 58.7 Å². The summed E-state index contributed by atoms with van der Waals surface area (Å²) >= 11 is 0. The molecule has 0 bridgehead atoms. The van der Waals surface area contributed by atoms with Crippen LogP contribution in [-0.2, 0) is 38.3 Å².